The Balaban J connectivity index is 2.31. The monoisotopic (exact) mass is 286 g/mol. The Labute approximate surface area is 103 Å². The number of hydrogen-bond acceptors (Lipinski definition) is 3. The quantitative estimate of drug-likeness (QED) is 0.785. The zero-order valence-corrected chi connectivity index (χ0v) is 11.3. The van der Waals surface area contributed by atoms with E-state index in [9.17, 15) is 4.79 Å². The SMILES string of the molecule is CCOC(=O)c1nn2c(c1Br)CC(C)(C)C2. The van der Waals surface area contributed by atoms with E-state index in [0.717, 1.165) is 23.1 Å². The van der Waals surface area contributed by atoms with E-state index >= 15 is 0 Å². The second-order valence-electron chi connectivity index (χ2n) is 4.83. The number of carbonyl (C=O) groups excluding carboxylic acids is 1. The minimum absolute atomic E-state index is 0.220. The molecule has 0 spiro atoms. The van der Waals surface area contributed by atoms with Crippen molar-refractivity contribution in [2.45, 2.75) is 33.7 Å². The van der Waals surface area contributed by atoms with Gasteiger partial charge in [0.2, 0.25) is 0 Å². The molecule has 16 heavy (non-hydrogen) atoms. The average molecular weight is 287 g/mol. The Kier molecular flexibility index (Phi) is 2.82. The Morgan fingerprint density at radius 2 is 2.31 bits per heavy atom. The third kappa shape index (κ3) is 1.88. The van der Waals surface area contributed by atoms with Gasteiger partial charge in [0, 0.05) is 6.54 Å². The summed E-state index contributed by atoms with van der Waals surface area (Å²) in [6.07, 6.45) is 0.931. The van der Waals surface area contributed by atoms with Crippen molar-refractivity contribution < 1.29 is 9.53 Å². The van der Waals surface area contributed by atoms with Crippen LogP contribution in [0.2, 0.25) is 0 Å². The van der Waals surface area contributed by atoms with Crippen LogP contribution in [0.25, 0.3) is 0 Å². The van der Waals surface area contributed by atoms with Crippen molar-refractivity contribution in [1.29, 1.82) is 0 Å². The van der Waals surface area contributed by atoms with Gasteiger partial charge in [-0.1, -0.05) is 13.8 Å². The van der Waals surface area contributed by atoms with Crippen LogP contribution < -0.4 is 0 Å². The summed E-state index contributed by atoms with van der Waals surface area (Å²) in [7, 11) is 0. The molecule has 0 amide bonds. The minimum Gasteiger partial charge on any atom is -0.461 e. The second-order valence-corrected chi connectivity index (χ2v) is 5.62. The van der Waals surface area contributed by atoms with E-state index in [2.05, 4.69) is 34.9 Å². The number of hydrogen-bond donors (Lipinski definition) is 0. The Morgan fingerprint density at radius 1 is 1.62 bits per heavy atom. The molecule has 0 N–H and O–H groups in total. The van der Waals surface area contributed by atoms with Gasteiger partial charge in [-0.25, -0.2) is 4.79 Å². The van der Waals surface area contributed by atoms with Crippen LogP contribution in [-0.4, -0.2) is 22.4 Å². The molecule has 0 aromatic carbocycles. The second kappa shape index (κ2) is 3.87. The van der Waals surface area contributed by atoms with Gasteiger partial charge in [0.05, 0.1) is 16.8 Å². The summed E-state index contributed by atoms with van der Waals surface area (Å²) < 4.78 is 7.64. The third-order valence-corrected chi connectivity index (χ3v) is 3.52. The van der Waals surface area contributed by atoms with Crippen LogP contribution in [0.5, 0.6) is 0 Å². The van der Waals surface area contributed by atoms with Crippen molar-refractivity contribution in [1.82, 2.24) is 9.78 Å². The van der Waals surface area contributed by atoms with Crippen molar-refractivity contribution in [2.75, 3.05) is 6.61 Å². The third-order valence-electron chi connectivity index (χ3n) is 2.69. The van der Waals surface area contributed by atoms with Crippen LogP contribution in [0.1, 0.15) is 37.0 Å². The molecule has 1 aromatic heterocycles. The van der Waals surface area contributed by atoms with Crippen molar-refractivity contribution in [3.8, 4) is 0 Å². The molecular weight excluding hydrogens is 272 g/mol. The first-order valence-electron chi connectivity index (χ1n) is 5.37. The molecule has 88 valence electrons. The summed E-state index contributed by atoms with van der Waals surface area (Å²) in [5.41, 5.74) is 1.71. The van der Waals surface area contributed by atoms with Gasteiger partial charge in [0.25, 0.3) is 0 Å². The molecular formula is C11H15BrN2O2. The number of rotatable bonds is 2. The minimum atomic E-state index is -0.353. The van der Waals surface area contributed by atoms with Crippen molar-refractivity contribution in [2.24, 2.45) is 5.41 Å². The van der Waals surface area contributed by atoms with E-state index < -0.39 is 0 Å². The predicted molar refractivity (Wildman–Crippen MR) is 63.4 cm³/mol. The average Bonchev–Trinajstić information content (AvgIpc) is 2.62. The molecule has 0 bridgehead atoms. The van der Waals surface area contributed by atoms with Gasteiger partial charge in [0.1, 0.15) is 0 Å². The number of aromatic nitrogens is 2. The standard InChI is InChI=1S/C11H15BrN2O2/c1-4-16-10(15)9-8(12)7-5-11(2,3)6-14(7)13-9/h4-6H2,1-3H3. The van der Waals surface area contributed by atoms with Crippen LogP contribution in [0, 0.1) is 5.41 Å². The first-order chi connectivity index (χ1) is 7.44. The van der Waals surface area contributed by atoms with E-state index in [4.69, 9.17) is 4.74 Å². The summed E-state index contributed by atoms with van der Waals surface area (Å²) in [5.74, 6) is -0.353. The molecule has 0 saturated heterocycles. The largest absolute Gasteiger partial charge is 0.461 e. The lowest BCUT2D eigenvalue weighted by molar-refractivity contribution is 0.0516. The highest BCUT2D eigenvalue weighted by Gasteiger charge is 2.34. The lowest BCUT2D eigenvalue weighted by Gasteiger charge is -2.14. The molecule has 2 heterocycles. The summed E-state index contributed by atoms with van der Waals surface area (Å²) in [6, 6.07) is 0. The summed E-state index contributed by atoms with van der Waals surface area (Å²) >= 11 is 3.44. The zero-order chi connectivity index (χ0) is 11.9. The molecule has 0 aliphatic carbocycles. The molecule has 0 unspecified atom stereocenters. The number of ether oxygens (including phenoxy) is 1. The molecule has 0 radical (unpaired) electrons. The van der Waals surface area contributed by atoms with Crippen LogP contribution in [0.4, 0.5) is 0 Å². The van der Waals surface area contributed by atoms with Gasteiger partial charge >= 0.3 is 5.97 Å². The lowest BCUT2D eigenvalue weighted by atomic mass is 9.91. The van der Waals surface area contributed by atoms with Crippen LogP contribution in [0.15, 0.2) is 4.47 Å². The molecule has 1 aliphatic heterocycles. The van der Waals surface area contributed by atoms with E-state index in [-0.39, 0.29) is 11.4 Å². The normalized spacial score (nSPS) is 17.2. The first kappa shape index (κ1) is 11.6. The number of esters is 1. The molecule has 0 fully saturated rings. The maximum absolute atomic E-state index is 11.6. The Bertz CT molecular complexity index is 437. The van der Waals surface area contributed by atoms with Gasteiger partial charge in [0.15, 0.2) is 5.69 Å². The maximum Gasteiger partial charge on any atom is 0.360 e. The molecule has 0 saturated carbocycles. The van der Waals surface area contributed by atoms with Gasteiger partial charge in [-0.05, 0) is 34.7 Å². The van der Waals surface area contributed by atoms with Crippen LogP contribution in [-0.2, 0) is 17.7 Å². The molecule has 4 nitrogen and oxygen atoms in total. The number of carbonyl (C=O) groups is 1. The van der Waals surface area contributed by atoms with Crippen molar-refractivity contribution in [3.63, 3.8) is 0 Å². The molecule has 0 atom stereocenters. The summed E-state index contributed by atoms with van der Waals surface area (Å²) in [4.78, 5) is 11.6. The van der Waals surface area contributed by atoms with Crippen LogP contribution in [0.3, 0.4) is 0 Å². The zero-order valence-electron chi connectivity index (χ0n) is 9.71. The predicted octanol–water partition coefficient (Wildman–Crippen LogP) is 2.40. The Hall–Kier alpha value is -0.840. The molecule has 1 aliphatic rings. The topological polar surface area (TPSA) is 44.1 Å². The van der Waals surface area contributed by atoms with E-state index in [1.54, 1.807) is 6.92 Å². The van der Waals surface area contributed by atoms with E-state index in [0.29, 0.717) is 12.3 Å². The highest BCUT2D eigenvalue weighted by atomic mass is 79.9. The lowest BCUT2D eigenvalue weighted by Crippen LogP contribution is -2.15. The highest BCUT2D eigenvalue weighted by Crippen LogP contribution is 2.36. The van der Waals surface area contributed by atoms with Gasteiger partial charge in [-0.15, -0.1) is 0 Å². The molecule has 1 aromatic rings. The van der Waals surface area contributed by atoms with Gasteiger partial charge < -0.3 is 4.74 Å². The summed E-state index contributed by atoms with van der Waals surface area (Å²) in [5, 5.41) is 4.30. The van der Waals surface area contributed by atoms with Crippen LogP contribution >= 0.6 is 15.9 Å². The van der Waals surface area contributed by atoms with E-state index in [1.807, 2.05) is 4.68 Å². The van der Waals surface area contributed by atoms with E-state index in [1.165, 1.54) is 0 Å². The maximum atomic E-state index is 11.6. The van der Waals surface area contributed by atoms with Gasteiger partial charge in [-0.3, -0.25) is 4.68 Å². The smallest absolute Gasteiger partial charge is 0.360 e. The number of nitrogens with zero attached hydrogens (tertiary/aromatic N) is 2. The molecule has 5 heteroatoms. The molecule has 2 rings (SSSR count). The van der Waals surface area contributed by atoms with Crippen molar-refractivity contribution >= 4 is 21.9 Å². The number of halogens is 1. The highest BCUT2D eigenvalue weighted by molar-refractivity contribution is 9.10. The number of fused-ring (bicyclic) bond motifs is 1. The Morgan fingerprint density at radius 3 is 2.88 bits per heavy atom. The fourth-order valence-electron chi connectivity index (χ4n) is 2.02. The fraction of sp³-hybridized carbons (Fsp3) is 0.636. The van der Waals surface area contributed by atoms with Gasteiger partial charge in [-0.2, -0.15) is 5.10 Å². The van der Waals surface area contributed by atoms with Crippen molar-refractivity contribution in [3.05, 3.63) is 15.9 Å². The fourth-order valence-corrected chi connectivity index (χ4v) is 2.61. The summed E-state index contributed by atoms with van der Waals surface area (Å²) in [6.45, 7) is 7.40. The first-order valence-corrected chi connectivity index (χ1v) is 6.16.